The standard InChI is InChI=1S/C18H23ClN4O2S.HI/c1-13(2)14-5-3-7-16(11-14)23-18(20)21-9-10-22-26(24,25)17-8-4-6-15(19)12-17;/h3-8,11-13,22H,9-10H2,1-2H3,(H3,20,21,23);1H. The third-order valence-electron chi connectivity index (χ3n) is 3.62. The van der Waals surface area contributed by atoms with E-state index < -0.39 is 10.0 Å². The van der Waals surface area contributed by atoms with Gasteiger partial charge in [0, 0.05) is 17.3 Å². The van der Waals surface area contributed by atoms with Crippen molar-refractivity contribution in [3.05, 3.63) is 59.1 Å². The van der Waals surface area contributed by atoms with E-state index in [9.17, 15) is 8.42 Å². The van der Waals surface area contributed by atoms with Crippen LogP contribution in [0.15, 0.2) is 58.4 Å². The molecular formula is C18H24ClIN4O2S. The summed E-state index contributed by atoms with van der Waals surface area (Å²) in [6, 6.07) is 14.0. The van der Waals surface area contributed by atoms with Crippen molar-refractivity contribution in [1.29, 1.82) is 0 Å². The van der Waals surface area contributed by atoms with Gasteiger partial charge in [-0.05, 0) is 41.8 Å². The van der Waals surface area contributed by atoms with Crippen molar-refractivity contribution >= 4 is 57.2 Å². The maximum Gasteiger partial charge on any atom is 0.240 e. The molecule has 0 unspecified atom stereocenters. The van der Waals surface area contributed by atoms with E-state index in [1.54, 1.807) is 12.1 Å². The molecule has 0 amide bonds. The molecule has 0 saturated heterocycles. The van der Waals surface area contributed by atoms with Crippen LogP contribution in [0.1, 0.15) is 25.3 Å². The predicted molar refractivity (Wildman–Crippen MR) is 123 cm³/mol. The molecule has 0 radical (unpaired) electrons. The molecule has 0 aliphatic rings. The lowest BCUT2D eigenvalue weighted by molar-refractivity contribution is 0.582. The second kappa shape index (κ2) is 10.8. The summed E-state index contributed by atoms with van der Waals surface area (Å²) < 4.78 is 26.8. The van der Waals surface area contributed by atoms with Crippen LogP contribution >= 0.6 is 35.6 Å². The Balaban J connectivity index is 0.00000364. The Labute approximate surface area is 182 Å². The highest BCUT2D eigenvalue weighted by molar-refractivity contribution is 14.0. The van der Waals surface area contributed by atoms with Crippen LogP contribution < -0.4 is 15.8 Å². The summed E-state index contributed by atoms with van der Waals surface area (Å²) in [5.41, 5.74) is 7.89. The molecule has 0 bridgehead atoms. The van der Waals surface area contributed by atoms with Crippen LogP contribution in [0.25, 0.3) is 0 Å². The van der Waals surface area contributed by atoms with Crippen molar-refractivity contribution in [2.24, 2.45) is 10.7 Å². The van der Waals surface area contributed by atoms with Crippen LogP contribution in [0.2, 0.25) is 5.02 Å². The van der Waals surface area contributed by atoms with Crippen molar-refractivity contribution in [2.75, 3.05) is 18.4 Å². The number of aliphatic imine (C=N–C) groups is 1. The molecule has 6 nitrogen and oxygen atoms in total. The number of anilines is 1. The zero-order chi connectivity index (χ0) is 19.2. The van der Waals surface area contributed by atoms with Gasteiger partial charge in [-0.1, -0.05) is 43.6 Å². The molecule has 27 heavy (non-hydrogen) atoms. The third kappa shape index (κ3) is 7.65. The number of nitrogens with one attached hydrogen (secondary N) is 2. The summed E-state index contributed by atoms with van der Waals surface area (Å²) in [5, 5.41) is 3.37. The van der Waals surface area contributed by atoms with E-state index in [-0.39, 0.29) is 47.9 Å². The molecule has 0 aromatic heterocycles. The highest BCUT2D eigenvalue weighted by atomic mass is 127. The molecule has 4 N–H and O–H groups in total. The topological polar surface area (TPSA) is 96.6 Å². The molecule has 2 aromatic rings. The van der Waals surface area contributed by atoms with E-state index in [4.69, 9.17) is 17.3 Å². The molecule has 0 aliphatic heterocycles. The van der Waals surface area contributed by atoms with Crippen LogP contribution in [0, 0.1) is 0 Å². The first-order chi connectivity index (χ1) is 12.3. The lowest BCUT2D eigenvalue weighted by Gasteiger charge is -2.10. The van der Waals surface area contributed by atoms with Crippen molar-refractivity contribution < 1.29 is 8.42 Å². The van der Waals surface area contributed by atoms with Gasteiger partial charge in [0.05, 0.1) is 11.4 Å². The fourth-order valence-electron chi connectivity index (χ4n) is 2.24. The van der Waals surface area contributed by atoms with E-state index in [2.05, 4.69) is 28.9 Å². The first-order valence-corrected chi connectivity index (χ1v) is 10.1. The van der Waals surface area contributed by atoms with Gasteiger partial charge in [-0.25, -0.2) is 13.1 Å². The van der Waals surface area contributed by atoms with E-state index in [1.165, 1.54) is 17.7 Å². The monoisotopic (exact) mass is 522 g/mol. The molecule has 0 saturated carbocycles. The molecule has 0 heterocycles. The molecule has 0 spiro atoms. The van der Waals surface area contributed by atoms with Crippen molar-refractivity contribution in [3.63, 3.8) is 0 Å². The van der Waals surface area contributed by atoms with Crippen LogP contribution in [0.5, 0.6) is 0 Å². The summed E-state index contributed by atoms with van der Waals surface area (Å²) in [7, 11) is -3.62. The lowest BCUT2D eigenvalue weighted by Crippen LogP contribution is -2.28. The molecule has 0 aliphatic carbocycles. The van der Waals surface area contributed by atoms with Gasteiger partial charge in [-0.3, -0.25) is 4.99 Å². The summed E-state index contributed by atoms with van der Waals surface area (Å²) >= 11 is 5.82. The second-order valence-electron chi connectivity index (χ2n) is 6.03. The fourth-order valence-corrected chi connectivity index (χ4v) is 3.56. The molecule has 0 atom stereocenters. The van der Waals surface area contributed by atoms with Crippen LogP contribution in [-0.2, 0) is 10.0 Å². The summed E-state index contributed by atoms with van der Waals surface area (Å²) in [4.78, 5) is 4.25. The maximum atomic E-state index is 12.2. The Morgan fingerprint density at radius 2 is 1.89 bits per heavy atom. The normalized spacial score (nSPS) is 11.9. The zero-order valence-corrected chi connectivity index (χ0v) is 19.0. The number of nitrogens with two attached hydrogens (primary N) is 1. The van der Waals surface area contributed by atoms with E-state index in [0.717, 1.165) is 5.69 Å². The van der Waals surface area contributed by atoms with Gasteiger partial charge in [0.15, 0.2) is 5.96 Å². The minimum Gasteiger partial charge on any atom is -0.370 e. The van der Waals surface area contributed by atoms with Gasteiger partial charge in [-0.15, -0.1) is 24.0 Å². The Morgan fingerprint density at radius 3 is 2.56 bits per heavy atom. The van der Waals surface area contributed by atoms with E-state index in [0.29, 0.717) is 10.9 Å². The number of guanidine groups is 1. The lowest BCUT2D eigenvalue weighted by atomic mass is 10.0. The maximum absolute atomic E-state index is 12.2. The molecule has 148 valence electrons. The highest BCUT2D eigenvalue weighted by Crippen LogP contribution is 2.18. The Morgan fingerprint density at radius 1 is 1.19 bits per heavy atom. The minimum atomic E-state index is -3.62. The van der Waals surface area contributed by atoms with Gasteiger partial charge >= 0.3 is 0 Å². The minimum absolute atomic E-state index is 0. The molecule has 2 aromatic carbocycles. The molecule has 2 rings (SSSR count). The Kier molecular flexibility index (Phi) is 9.51. The number of hydrogen-bond acceptors (Lipinski definition) is 3. The average Bonchev–Trinajstić information content (AvgIpc) is 2.59. The molecule has 9 heteroatoms. The van der Waals surface area contributed by atoms with Gasteiger partial charge in [-0.2, -0.15) is 0 Å². The number of rotatable bonds is 7. The molecular weight excluding hydrogens is 499 g/mol. The van der Waals surface area contributed by atoms with E-state index in [1.807, 2.05) is 24.3 Å². The van der Waals surface area contributed by atoms with Crippen molar-refractivity contribution in [2.45, 2.75) is 24.7 Å². The Bertz CT molecular complexity index is 888. The van der Waals surface area contributed by atoms with Crippen molar-refractivity contribution in [3.8, 4) is 0 Å². The van der Waals surface area contributed by atoms with E-state index >= 15 is 0 Å². The number of sulfonamides is 1. The summed E-state index contributed by atoms with van der Waals surface area (Å²) in [5.74, 6) is 0.642. The predicted octanol–water partition coefficient (Wildman–Crippen LogP) is 3.79. The van der Waals surface area contributed by atoms with Crippen LogP contribution in [-0.4, -0.2) is 27.5 Å². The first kappa shape index (κ1) is 23.7. The van der Waals surface area contributed by atoms with Gasteiger partial charge in [0.2, 0.25) is 10.0 Å². The number of hydrogen-bond donors (Lipinski definition) is 3. The fraction of sp³-hybridized carbons (Fsp3) is 0.278. The molecule has 0 fully saturated rings. The van der Waals surface area contributed by atoms with Crippen LogP contribution in [0.4, 0.5) is 5.69 Å². The number of nitrogens with zero attached hydrogens (tertiary/aromatic N) is 1. The smallest absolute Gasteiger partial charge is 0.240 e. The van der Waals surface area contributed by atoms with Crippen molar-refractivity contribution in [1.82, 2.24) is 4.72 Å². The zero-order valence-electron chi connectivity index (χ0n) is 15.1. The third-order valence-corrected chi connectivity index (χ3v) is 5.31. The average molecular weight is 523 g/mol. The summed E-state index contributed by atoms with van der Waals surface area (Å²) in [6.45, 7) is 4.57. The van der Waals surface area contributed by atoms with Gasteiger partial charge in [0.25, 0.3) is 0 Å². The van der Waals surface area contributed by atoms with Crippen LogP contribution in [0.3, 0.4) is 0 Å². The van der Waals surface area contributed by atoms with Gasteiger partial charge in [0.1, 0.15) is 0 Å². The van der Waals surface area contributed by atoms with Gasteiger partial charge < -0.3 is 11.1 Å². The second-order valence-corrected chi connectivity index (χ2v) is 8.23. The largest absolute Gasteiger partial charge is 0.370 e. The summed E-state index contributed by atoms with van der Waals surface area (Å²) in [6.07, 6.45) is 0. The number of halogens is 2. The Hall–Kier alpha value is -1.36. The highest BCUT2D eigenvalue weighted by Gasteiger charge is 2.13. The number of benzene rings is 2. The first-order valence-electron chi connectivity index (χ1n) is 8.20. The quantitative estimate of drug-likeness (QED) is 0.223. The SMILES string of the molecule is CC(C)c1cccc(NC(N)=NCCNS(=O)(=O)c2cccc(Cl)c2)c1.I.